The third-order valence-corrected chi connectivity index (χ3v) is 4.42. The van der Waals surface area contributed by atoms with Crippen LogP contribution < -0.4 is 0 Å². The number of likely N-dealkylation sites (N-methyl/N-ethyl adjacent to an activating group) is 1. The van der Waals surface area contributed by atoms with Crippen molar-refractivity contribution in [3.05, 3.63) is 16.1 Å². The Balaban J connectivity index is 1.75. The maximum atomic E-state index is 12.1. The van der Waals surface area contributed by atoms with Gasteiger partial charge in [-0.1, -0.05) is 6.92 Å². The molecule has 1 aliphatic rings. The molecule has 2 heterocycles. The third-order valence-electron chi connectivity index (χ3n) is 3.39. The van der Waals surface area contributed by atoms with E-state index in [1.54, 1.807) is 11.3 Å². The second-order valence-electron chi connectivity index (χ2n) is 4.70. The average molecular weight is 267 g/mol. The zero-order valence-corrected chi connectivity index (χ0v) is 12.0. The predicted molar refractivity (Wildman–Crippen MR) is 73.9 cm³/mol. The van der Waals surface area contributed by atoms with Crippen LogP contribution in [0, 0.1) is 6.92 Å². The molecular weight excluding hydrogens is 246 g/mol. The van der Waals surface area contributed by atoms with Gasteiger partial charge in [-0.2, -0.15) is 0 Å². The number of thiazole rings is 1. The lowest BCUT2D eigenvalue weighted by atomic mass is 10.2. The van der Waals surface area contributed by atoms with Crippen LogP contribution in [0.4, 0.5) is 0 Å². The van der Waals surface area contributed by atoms with Crippen LogP contribution in [-0.2, 0) is 11.2 Å². The second-order valence-corrected chi connectivity index (χ2v) is 5.64. The summed E-state index contributed by atoms with van der Waals surface area (Å²) in [6, 6.07) is 0. The number of nitrogens with zero attached hydrogens (tertiary/aromatic N) is 3. The van der Waals surface area contributed by atoms with Crippen LogP contribution in [0.25, 0.3) is 0 Å². The number of hydrogen-bond acceptors (Lipinski definition) is 4. The average Bonchev–Trinajstić information content (AvgIpc) is 2.82. The van der Waals surface area contributed by atoms with Crippen molar-refractivity contribution in [1.82, 2.24) is 14.8 Å². The van der Waals surface area contributed by atoms with Gasteiger partial charge in [-0.15, -0.1) is 11.3 Å². The predicted octanol–water partition coefficient (Wildman–Crippen LogP) is 1.55. The normalized spacial score (nSPS) is 17.1. The van der Waals surface area contributed by atoms with Gasteiger partial charge < -0.3 is 9.80 Å². The van der Waals surface area contributed by atoms with Gasteiger partial charge in [0.25, 0.3) is 0 Å². The van der Waals surface area contributed by atoms with Gasteiger partial charge in [-0.05, 0) is 13.5 Å². The molecule has 1 aliphatic heterocycles. The van der Waals surface area contributed by atoms with E-state index in [0.717, 1.165) is 49.8 Å². The zero-order valence-electron chi connectivity index (χ0n) is 11.2. The number of aryl methyl sites for hydroxylation is 2. The van der Waals surface area contributed by atoms with Crippen molar-refractivity contribution in [3.63, 3.8) is 0 Å². The fraction of sp³-hybridized carbons (Fsp3) is 0.692. The first-order valence-electron chi connectivity index (χ1n) is 6.60. The van der Waals surface area contributed by atoms with Gasteiger partial charge in [0.1, 0.15) is 0 Å². The van der Waals surface area contributed by atoms with E-state index >= 15 is 0 Å². The molecule has 100 valence electrons. The Labute approximate surface area is 113 Å². The quantitative estimate of drug-likeness (QED) is 0.830. The zero-order chi connectivity index (χ0) is 13.0. The maximum Gasteiger partial charge on any atom is 0.223 e. The van der Waals surface area contributed by atoms with E-state index in [-0.39, 0.29) is 5.91 Å². The van der Waals surface area contributed by atoms with E-state index in [1.807, 2.05) is 17.2 Å². The van der Waals surface area contributed by atoms with E-state index < -0.39 is 0 Å². The highest BCUT2D eigenvalue weighted by molar-refractivity contribution is 7.09. The molecule has 0 unspecified atom stereocenters. The summed E-state index contributed by atoms with van der Waals surface area (Å²) in [4.78, 5) is 20.8. The maximum absolute atomic E-state index is 12.1. The highest BCUT2D eigenvalue weighted by Crippen LogP contribution is 2.12. The highest BCUT2D eigenvalue weighted by Gasteiger charge is 2.19. The molecular formula is C13H21N3OS. The Morgan fingerprint density at radius 2 is 2.11 bits per heavy atom. The van der Waals surface area contributed by atoms with E-state index in [9.17, 15) is 4.79 Å². The molecule has 0 spiro atoms. The van der Waals surface area contributed by atoms with Crippen molar-refractivity contribution in [2.75, 3.05) is 32.7 Å². The topological polar surface area (TPSA) is 36.4 Å². The Hall–Kier alpha value is -0.940. The SMILES string of the molecule is CCN1CCN(C(=O)CCc2nc(C)cs2)CC1. The first-order chi connectivity index (χ1) is 8.69. The van der Waals surface area contributed by atoms with Crippen LogP contribution in [0.2, 0.25) is 0 Å². The van der Waals surface area contributed by atoms with Gasteiger partial charge in [-0.3, -0.25) is 4.79 Å². The molecule has 1 aromatic rings. The molecule has 0 aromatic carbocycles. The van der Waals surface area contributed by atoms with Gasteiger partial charge in [0, 0.05) is 50.1 Å². The number of hydrogen-bond donors (Lipinski definition) is 0. The van der Waals surface area contributed by atoms with Crippen molar-refractivity contribution in [2.24, 2.45) is 0 Å². The smallest absolute Gasteiger partial charge is 0.223 e. The van der Waals surface area contributed by atoms with Gasteiger partial charge in [0.05, 0.1) is 5.01 Å². The fourth-order valence-corrected chi connectivity index (χ4v) is 2.98. The molecule has 0 radical (unpaired) electrons. The Morgan fingerprint density at radius 1 is 1.39 bits per heavy atom. The molecule has 0 bridgehead atoms. The number of amides is 1. The lowest BCUT2D eigenvalue weighted by Crippen LogP contribution is -2.48. The van der Waals surface area contributed by atoms with Crippen molar-refractivity contribution < 1.29 is 4.79 Å². The molecule has 1 amide bonds. The Morgan fingerprint density at radius 3 is 2.67 bits per heavy atom. The summed E-state index contributed by atoms with van der Waals surface area (Å²) in [6.45, 7) is 9.03. The lowest BCUT2D eigenvalue weighted by Gasteiger charge is -2.34. The molecule has 1 saturated heterocycles. The third kappa shape index (κ3) is 3.53. The molecule has 1 fully saturated rings. The molecule has 0 aliphatic carbocycles. The van der Waals surface area contributed by atoms with Gasteiger partial charge in [0.15, 0.2) is 0 Å². The minimum absolute atomic E-state index is 0.276. The molecule has 2 rings (SSSR count). The first kappa shape index (κ1) is 13.5. The molecule has 0 saturated carbocycles. The molecule has 0 N–H and O–H groups in total. The van der Waals surface area contributed by atoms with Crippen molar-refractivity contribution >= 4 is 17.2 Å². The van der Waals surface area contributed by atoms with Gasteiger partial charge in [0.2, 0.25) is 5.91 Å². The van der Waals surface area contributed by atoms with E-state index in [4.69, 9.17) is 0 Å². The summed E-state index contributed by atoms with van der Waals surface area (Å²) in [5.74, 6) is 0.276. The number of rotatable bonds is 4. The largest absolute Gasteiger partial charge is 0.340 e. The minimum atomic E-state index is 0.276. The number of piperazine rings is 1. The van der Waals surface area contributed by atoms with Crippen LogP contribution in [-0.4, -0.2) is 53.4 Å². The molecule has 5 heteroatoms. The van der Waals surface area contributed by atoms with Crippen molar-refractivity contribution in [2.45, 2.75) is 26.7 Å². The second kappa shape index (κ2) is 6.29. The fourth-order valence-electron chi connectivity index (χ4n) is 2.20. The Kier molecular flexibility index (Phi) is 4.72. The van der Waals surface area contributed by atoms with E-state index in [2.05, 4.69) is 16.8 Å². The molecule has 4 nitrogen and oxygen atoms in total. The summed E-state index contributed by atoms with van der Waals surface area (Å²) < 4.78 is 0. The molecule has 0 atom stereocenters. The lowest BCUT2D eigenvalue weighted by molar-refractivity contribution is -0.132. The van der Waals surface area contributed by atoms with Crippen LogP contribution in [0.3, 0.4) is 0 Å². The Bertz CT molecular complexity index is 397. The van der Waals surface area contributed by atoms with Crippen molar-refractivity contribution in [1.29, 1.82) is 0 Å². The van der Waals surface area contributed by atoms with Gasteiger partial charge >= 0.3 is 0 Å². The minimum Gasteiger partial charge on any atom is -0.340 e. The number of carbonyl (C=O) groups is 1. The summed E-state index contributed by atoms with van der Waals surface area (Å²) in [6.07, 6.45) is 1.38. The molecule has 1 aromatic heterocycles. The highest BCUT2D eigenvalue weighted by atomic mass is 32.1. The van der Waals surface area contributed by atoms with Crippen molar-refractivity contribution in [3.8, 4) is 0 Å². The molecule has 18 heavy (non-hydrogen) atoms. The first-order valence-corrected chi connectivity index (χ1v) is 7.48. The summed E-state index contributed by atoms with van der Waals surface area (Å²) in [7, 11) is 0. The standard InChI is InChI=1S/C13H21N3OS/c1-3-15-6-8-16(9-7-15)13(17)5-4-12-14-11(2)10-18-12/h10H,3-9H2,1-2H3. The summed E-state index contributed by atoms with van der Waals surface area (Å²) in [5.41, 5.74) is 1.05. The van der Waals surface area contributed by atoms with Crippen LogP contribution in [0.5, 0.6) is 0 Å². The van der Waals surface area contributed by atoms with Crippen LogP contribution >= 0.6 is 11.3 Å². The van der Waals surface area contributed by atoms with E-state index in [0.29, 0.717) is 6.42 Å². The van der Waals surface area contributed by atoms with Crippen LogP contribution in [0.1, 0.15) is 24.0 Å². The number of carbonyl (C=O) groups excluding carboxylic acids is 1. The van der Waals surface area contributed by atoms with Gasteiger partial charge in [-0.25, -0.2) is 4.98 Å². The number of aromatic nitrogens is 1. The summed E-state index contributed by atoms with van der Waals surface area (Å²) in [5, 5.41) is 3.12. The monoisotopic (exact) mass is 267 g/mol. The summed E-state index contributed by atoms with van der Waals surface area (Å²) >= 11 is 1.65. The van der Waals surface area contributed by atoms with E-state index in [1.165, 1.54) is 0 Å². The van der Waals surface area contributed by atoms with Crippen LogP contribution in [0.15, 0.2) is 5.38 Å².